The van der Waals surface area contributed by atoms with E-state index in [-0.39, 0.29) is 34.7 Å². The fraction of sp³-hybridized carbons (Fsp3) is 0.441. The van der Waals surface area contributed by atoms with Crippen molar-refractivity contribution in [3.63, 3.8) is 0 Å². The number of hydrogen-bond acceptors (Lipinski definition) is 8. The maximum atomic E-state index is 15.3. The zero-order valence-electron chi connectivity index (χ0n) is 25.5. The van der Waals surface area contributed by atoms with Crippen molar-refractivity contribution in [2.45, 2.75) is 38.6 Å². The second-order valence-corrected chi connectivity index (χ2v) is 12.1. The summed E-state index contributed by atoms with van der Waals surface area (Å²) in [6.45, 7) is 14.2. The van der Waals surface area contributed by atoms with Crippen molar-refractivity contribution in [3.05, 3.63) is 54.9 Å². The molecule has 10 heteroatoms. The molecule has 3 saturated heterocycles. The van der Waals surface area contributed by atoms with Gasteiger partial charge in [-0.25, -0.2) is 4.39 Å². The molecule has 0 aliphatic carbocycles. The van der Waals surface area contributed by atoms with E-state index < -0.39 is 5.82 Å². The second kappa shape index (κ2) is 12.1. The van der Waals surface area contributed by atoms with Crippen LogP contribution in [0.4, 0.5) is 10.2 Å². The minimum atomic E-state index is -0.575. The van der Waals surface area contributed by atoms with Crippen LogP contribution in [0.2, 0.25) is 0 Å². The van der Waals surface area contributed by atoms with Gasteiger partial charge in [0, 0.05) is 48.6 Å². The zero-order chi connectivity index (χ0) is 31.0. The van der Waals surface area contributed by atoms with Gasteiger partial charge in [0.2, 0.25) is 5.91 Å². The summed E-state index contributed by atoms with van der Waals surface area (Å²) in [5.74, 6) is 0.263. The molecule has 232 valence electrons. The fourth-order valence-corrected chi connectivity index (χ4v) is 6.91. The molecule has 9 nitrogen and oxygen atoms in total. The Bertz CT molecular complexity index is 1570. The predicted molar refractivity (Wildman–Crippen MR) is 170 cm³/mol. The molecule has 2 aromatic carbocycles. The number of ether oxygens (including phenoxy) is 2. The Kier molecular flexibility index (Phi) is 8.20. The minimum absolute atomic E-state index is 0.0216. The van der Waals surface area contributed by atoms with Gasteiger partial charge in [-0.1, -0.05) is 25.3 Å². The van der Waals surface area contributed by atoms with Gasteiger partial charge < -0.3 is 29.3 Å². The molecule has 3 aliphatic heterocycles. The third-order valence-corrected chi connectivity index (χ3v) is 9.42. The third kappa shape index (κ3) is 5.36. The number of carbonyl (C=O) groups excluding carboxylic acids is 1. The molecule has 1 N–H and O–H groups in total. The van der Waals surface area contributed by atoms with E-state index >= 15 is 4.39 Å². The van der Waals surface area contributed by atoms with E-state index in [0.29, 0.717) is 41.4 Å². The number of fused-ring (bicyclic) bond motifs is 1. The highest BCUT2D eigenvalue weighted by Gasteiger charge is 2.46. The number of likely N-dealkylation sites (N-methyl/N-ethyl adjacent to an activating group) is 1. The first-order valence-corrected chi connectivity index (χ1v) is 15.4. The van der Waals surface area contributed by atoms with E-state index in [2.05, 4.69) is 30.0 Å². The minimum Gasteiger partial charge on any atom is -0.507 e. The number of amides is 1. The van der Waals surface area contributed by atoms with Crippen LogP contribution in [0.1, 0.15) is 38.2 Å². The number of benzene rings is 2. The highest BCUT2D eigenvalue weighted by molar-refractivity contribution is 6.02. The summed E-state index contributed by atoms with van der Waals surface area (Å²) < 4.78 is 27.8. The van der Waals surface area contributed by atoms with Crippen LogP contribution in [0.25, 0.3) is 28.1 Å². The van der Waals surface area contributed by atoms with E-state index in [0.717, 1.165) is 63.8 Å². The Labute approximate surface area is 257 Å². The molecule has 3 fully saturated rings. The van der Waals surface area contributed by atoms with Gasteiger partial charge in [0.15, 0.2) is 5.75 Å². The summed E-state index contributed by atoms with van der Waals surface area (Å²) in [5, 5.41) is 11.5. The van der Waals surface area contributed by atoms with Gasteiger partial charge in [0.05, 0.1) is 12.2 Å². The molecule has 4 heterocycles. The molecule has 44 heavy (non-hydrogen) atoms. The lowest BCUT2D eigenvalue weighted by Crippen LogP contribution is -2.61. The van der Waals surface area contributed by atoms with Gasteiger partial charge in [-0.05, 0) is 76.0 Å². The Morgan fingerprint density at radius 3 is 2.57 bits per heavy atom. The van der Waals surface area contributed by atoms with Crippen molar-refractivity contribution < 1.29 is 23.8 Å². The lowest BCUT2D eigenvalue weighted by Gasteiger charge is -2.54. The maximum Gasteiger partial charge on any atom is 0.319 e. The van der Waals surface area contributed by atoms with E-state index in [1.807, 2.05) is 17.9 Å². The van der Waals surface area contributed by atoms with Crippen LogP contribution in [0, 0.1) is 11.2 Å². The first-order valence-electron chi connectivity index (χ1n) is 15.4. The molecule has 3 aromatic rings. The highest BCUT2D eigenvalue weighted by atomic mass is 19.1. The average Bonchev–Trinajstić information content (AvgIpc) is 3.43. The monoisotopic (exact) mass is 601 g/mol. The normalized spacial score (nSPS) is 19.7. The first-order chi connectivity index (χ1) is 21.3. The number of hydrogen-bond donors (Lipinski definition) is 1. The van der Waals surface area contributed by atoms with Crippen LogP contribution in [-0.2, 0) is 4.79 Å². The van der Waals surface area contributed by atoms with Crippen LogP contribution in [0.3, 0.4) is 0 Å². The number of aromatic hydroxyl groups is 1. The number of anilines is 1. The van der Waals surface area contributed by atoms with Gasteiger partial charge in [0.1, 0.15) is 29.5 Å². The van der Waals surface area contributed by atoms with E-state index in [4.69, 9.17) is 19.4 Å². The zero-order valence-corrected chi connectivity index (χ0v) is 25.5. The molecular formula is C34H40FN5O4. The Morgan fingerprint density at radius 2 is 1.93 bits per heavy atom. The molecule has 1 atom stereocenters. The van der Waals surface area contributed by atoms with Crippen LogP contribution < -0.4 is 14.4 Å². The molecule has 0 unspecified atom stereocenters. The number of nitrogens with zero attached hydrogens (tertiary/aromatic N) is 5. The topological polar surface area (TPSA) is 91.3 Å². The number of likely N-dealkylation sites (tertiary alicyclic amines) is 2. The number of phenols is 1. The number of piperidine rings is 1. The molecule has 1 amide bonds. The first kappa shape index (κ1) is 29.9. The van der Waals surface area contributed by atoms with E-state index in [9.17, 15) is 9.90 Å². The molecular weight excluding hydrogens is 561 g/mol. The summed E-state index contributed by atoms with van der Waals surface area (Å²) in [5.41, 5.74) is 1.60. The molecule has 6 rings (SSSR count). The quantitative estimate of drug-likeness (QED) is 0.332. The van der Waals surface area contributed by atoms with E-state index in [1.165, 1.54) is 24.3 Å². The Balaban J connectivity index is 1.44. The SMILES string of the molecule is C=CC(=O)N1CC2(CCN(c3nc(OC[C@@H]4CCCN4C)nc4c(OCC)c(-c5c(O)cccc5F)c(C=C)cc34)CC2)C1. The summed E-state index contributed by atoms with van der Waals surface area (Å²) in [6.07, 6.45) is 7.00. The Hall–Kier alpha value is -4.18. The highest BCUT2D eigenvalue weighted by Crippen LogP contribution is 2.47. The number of rotatable bonds is 9. The fourth-order valence-electron chi connectivity index (χ4n) is 6.91. The number of aromatic nitrogens is 2. The maximum absolute atomic E-state index is 15.3. The molecule has 1 spiro atoms. The lowest BCUT2D eigenvalue weighted by molar-refractivity contribution is -0.139. The summed E-state index contributed by atoms with van der Waals surface area (Å²) >= 11 is 0. The predicted octanol–water partition coefficient (Wildman–Crippen LogP) is 5.27. The van der Waals surface area contributed by atoms with Crippen molar-refractivity contribution in [2.24, 2.45) is 5.41 Å². The smallest absolute Gasteiger partial charge is 0.319 e. The van der Waals surface area contributed by atoms with E-state index in [1.54, 1.807) is 6.08 Å². The molecule has 0 saturated carbocycles. The molecule has 0 bridgehead atoms. The molecule has 0 radical (unpaired) electrons. The van der Waals surface area contributed by atoms with Crippen LogP contribution in [-0.4, -0.2) is 89.8 Å². The number of halogens is 1. The number of carbonyl (C=O) groups is 1. The van der Waals surface area contributed by atoms with Crippen LogP contribution in [0.15, 0.2) is 43.5 Å². The largest absolute Gasteiger partial charge is 0.507 e. The van der Waals surface area contributed by atoms with Gasteiger partial charge in [-0.3, -0.25) is 4.79 Å². The molecule has 1 aromatic heterocycles. The van der Waals surface area contributed by atoms with Gasteiger partial charge in [-0.2, -0.15) is 9.97 Å². The second-order valence-electron chi connectivity index (χ2n) is 12.1. The van der Waals surface area contributed by atoms with Crippen molar-refractivity contribution in [3.8, 4) is 28.6 Å². The van der Waals surface area contributed by atoms with Crippen molar-refractivity contribution in [2.75, 3.05) is 57.9 Å². The van der Waals surface area contributed by atoms with Crippen LogP contribution >= 0.6 is 0 Å². The molecule has 3 aliphatic rings. The standard InChI is InChI=1S/C34H40FN5O4/c1-5-22-18-24-30(31(43-7-3)28(22)29-25(35)11-8-12-26(29)41)36-33(44-19-23-10-9-15-38(23)4)37-32(24)39-16-13-34(14-17-39)20-40(21-34)27(42)6-2/h5-6,8,11-12,18,23,41H,1-2,7,9-10,13-17,19-21H2,3-4H3/t23-/m0/s1. The van der Waals surface area contributed by atoms with Gasteiger partial charge in [-0.15, -0.1) is 0 Å². The van der Waals surface area contributed by atoms with Crippen molar-refractivity contribution in [1.29, 1.82) is 0 Å². The Morgan fingerprint density at radius 1 is 1.16 bits per heavy atom. The van der Waals surface area contributed by atoms with Crippen LogP contribution in [0.5, 0.6) is 17.5 Å². The third-order valence-electron chi connectivity index (χ3n) is 9.42. The number of phenolic OH excluding ortho intramolecular Hbond substituents is 1. The van der Waals surface area contributed by atoms with Crippen molar-refractivity contribution in [1.82, 2.24) is 19.8 Å². The summed E-state index contributed by atoms with van der Waals surface area (Å²) in [6, 6.07) is 6.63. The summed E-state index contributed by atoms with van der Waals surface area (Å²) in [7, 11) is 2.10. The van der Waals surface area contributed by atoms with Gasteiger partial charge in [0.25, 0.3) is 0 Å². The average molecular weight is 602 g/mol. The summed E-state index contributed by atoms with van der Waals surface area (Å²) in [4.78, 5) is 28.3. The van der Waals surface area contributed by atoms with Crippen molar-refractivity contribution >= 4 is 28.7 Å². The van der Waals surface area contributed by atoms with Gasteiger partial charge >= 0.3 is 6.01 Å². The lowest BCUT2D eigenvalue weighted by atomic mass is 9.72.